The minimum absolute atomic E-state index is 0.115. The maximum atomic E-state index is 14.0. The van der Waals surface area contributed by atoms with E-state index in [4.69, 9.17) is 15.2 Å². The van der Waals surface area contributed by atoms with E-state index in [-0.39, 0.29) is 11.9 Å². The molecule has 0 saturated heterocycles. The average Bonchev–Trinajstić information content (AvgIpc) is 2.53. The molecule has 1 aliphatic heterocycles. The molecular formula is C17H19FN2O2. The van der Waals surface area contributed by atoms with Gasteiger partial charge in [-0.2, -0.15) is 0 Å². The van der Waals surface area contributed by atoms with Gasteiger partial charge in [0.2, 0.25) is 0 Å². The average molecular weight is 302 g/mol. The quantitative estimate of drug-likeness (QED) is 0.915. The molecule has 1 atom stereocenters. The van der Waals surface area contributed by atoms with Crippen LogP contribution in [0.4, 0.5) is 10.1 Å². The fraction of sp³-hybridized carbons (Fsp3) is 0.294. The number of aryl methyl sites for hydroxylation is 1. The monoisotopic (exact) mass is 302 g/mol. The van der Waals surface area contributed by atoms with Gasteiger partial charge in [0.05, 0.1) is 19.3 Å². The van der Waals surface area contributed by atoms with E-state index in [1.807, 2.05) is 25.1 Å². The number of nitrogens with two attached hydrogens (primary N) is 1. The van der Waals surface area contributed by atoms with Crippen LogP contribution in [0.2, 0.25) is 0 Å². The Kier molecular flexibility index (Phi) is 3.90. The van der Waals surface area contributed by atoms with Gasteiger partial charge in [-0.3, -0.25) is 0 Å². The number of hydrogen-bond acceptors (Lipinski definition) is 4. The molecule has 3 rings (SSSR count). The van der Waals surface area contributed by atoms with Crippen LogP contribution in [0.1, 0.15) is 5.56 Å². The molecule has 3 N–H and O–H groups in total. The van der Waals surface area contributed by atoms with E-state index in [0.29, 0.717) is 24.5 Å². The number of halogens is 1. The third-order valence-electron chi connectivity index (χ3n) is 3.85. The Hall–Kier alpha value is -2.27. The third-order valence-corrected chi connectivity index (χ3v) is 3.85. The molecule has 0 saturated carbocycles. The van der Waals surface area contributed by atoms with E-state index in [0.717, 1.165) is 22.4 Å². The minimum Gasteiger partial charge on any atom is -0.497 e. The summed E-state index contributed by atoms with van der Waals surface area (Å²) in [6.07, 6.45) is -0.115. The van der Waals surface area contributed by atoms with Crippen LogP contribution in [-0.4, -0.2) is 26.3 Å². The molecule has 1 aliphatic rings. The van der Waals surface area contributed by atoms with Gasteiger partial charge in [0.15, 0.2) is 5.75 Å². The highest BCUT2D eigenvalue weighted by Crippen LogP contribution is 2.41. The van der Waals surface area contributed by atoms with Gasteiger partial charge < -0.3 is 20.5 Å². The van der Waals surface area contributed by atoms with Crippen molar-refractivity contribution >= 4 is 5.69 Å². The van der Waals surface area contributed by atoms with Crippen molar-refractivity contribution in [2.45, 2.75) is 13.0 Å². The zero-order chi connectivity index (χ0) is 15.7. The van der Waals surface area contributed by atoms with Gasteiger partial charge >= 0.3 is 0 Å². The van der Waals surface area contributed by atoms with Crippen LogP contribution in [-0.2, 0) is 0 Å². The number of benzene rings is 2. The Bertz CT molecular complexity index is 703. The zero-order valence-electron chi connectivity index (χ0n) is 12.7. The second-order valence-corrected chi connectivity index (χ2v) is 5.37. The topological polar surface area (TPSA) is 56.5 Å². The summed E-state index contributed by atoms with van der Waals surface area (Å²) in [7, 11) is 1.62. The molecule has 0 spiro atoms. The molecule has 5 heteroatoms. The summed E-state index contributed by atoms with van der Waals surface area (Å²) < 4.78 is 25.1. The molecule has 4 nitrogen and oxygen atoms in total. The first-order valence-corrected chi connectivity index (χ1v) is 7.21. The summed E-state index contributed by atoms with van der Waals surface area (Å²) in [5.41, 5.74) is 8.98. The molecule has 0 aliphatic carbocycles. The number of ether oxygens (including phenoxy) is 2. The van der Waals surface area contributed by atoms with Crippen molar-refractivity contribution in [3.8, 4) is 22.6 Å². The Balaban J connectivity index is 2.13. The van der Waals surface area contributed by atoms with Gasteiger partial charge in [0.25, 0.3) is 0 Å². The predicted octanol–water partition coefficient (Wildman–Crippen LogP) is 2.94. The molecule has 0 bridgehead atoms. The zero-order valence-corrected chi connectivity index (χ0v) is 12.7. The highest BCUT2D eigenvalue weighted by molar-refractivity contribution is 5.81. The van der Waals surface area contributed by atoms with Crippen LogP contribution in [0.15, 0.2) is 30.3 Å². The lowest BCUT2D eigenvalue weighted by molar-refractivity contribution is 0.215. The molecule has 2 aromatic rings. The van der Waals surface area contributed by atoms with Crippen molar-refractivity contribution in [2.75, 3.05) is 25.5 Å². The van der Waals surface area contributed by atoms with E-state index >= 15 is 0 Å². The van der Waals surface area contributed by atoms with Gasteiger partial charge in [-0.1, -0.05) is 6.07 Å². The lowest BCUT2D eigenvalue weighted by Crippen LogP contribution is -2.37. The summed E-state index contributed by atoms with van der Waals surface area (Å²) >= 11 is 0. The van der Waals surface area contributed by atoms with Gasteiger partial charge in [0, 0.05) is 18.2 Å². The van der Waals surface area contributed by atoms with E-state index in [2.05, 4.69) is 5.32 Å². The van der Waals surface area contributed by atoms with Crippen molar-refractivity contribution in [3.63, 3.8) is 0 Å². The van der Waals surface area contributed by atoms with E-state index < -0.39 is 0 Å². The molecule has 1 heterocycles. The fourth-order valence-electron chi connectivity index (χ4n) is 2.68. The van der Waals surface area contributed by atoms with Crippen LogP contribution in [0, 0.1) is 12.7 Å². The number of fused-ring (bicyclic) bond motifs is 1. The Morgan fingerprint density at radius 3 is 2.82 bits per heavy atom. The summed E-state index contributed by atoms with van der Waals surface area (Å²) in [6, 6.07) is 8.64. The maximum Gasteiger partial charge on any atom is 0.151 e. The molecule has 0 radical (unpaired) electrons. The lowest BCUT2D eigenvalue weighted by Gasteiger charge is -2.28. The van der Waals surface area contributed by atoms with Gasteiger partial charge in [-0.25, -0.2) is 4.39 Å². The van der Waals surface area contributed by atoms with E-state index in [1.165, 1.54) is 12.1 Å². The number of anilines is 1. The second kappa shape index (κ2) is 5.85. The Morgan fingerprint density at radius 1 is 1.32 bits per heavy atom. The SMILES string of the molecule is COc1ccc(-c2cc(F)cc3c2OC(CN)CN3)c(C)c1. The minimum atomic E-state index is -0.300. The van der Waals surface area contributed by atoms with Crippen LogP contribution < -0.4 is 20.5 Å². The number of rotatable bonds is 3. The van der Waals surface area contributed by atoms with Gasteiger partial charge in [-0.05, 0) is 36.2 Å². The molecule has 2 aromatic carbocycles. The van der Waals surface area contributed by atoms with Crippen molar-refractivity contribution < 1.29 is 13.9 Å². The van der Waals surface area contributed by atoms with Crippen molar-refractivity contribution in [2.24, 2.45) is 5.73 Å². The van der Waals surface area contributed by atoms with Crippen molar-refractivity contribution in [1.29, 1.82) is 0 Å². The van der Waals surface area contributed by atoms with Crippen LogP contribution in [0.3, 0.4) is 0 Å². The van der Waals surface area contributed by atoms with Crippen LogP contribution >= 0.6 is 0 Å². The number of methoxy groups -OCH3 is 1. The van der Waals surface area contributed by atoms with Crippen molar-refractivity contribution in [1.82, 2.24) is 0 Å². The highest BCUT2D eigenvalue weighted by Gasteiger charge is 2.23. The largest absolute Gasteiger partial charge is 0.497 e. The lowest BCUT2D eigenvalue weighted by atomic mass is 9.97. The third kappa shape index (κ3) is 2.60. The Morgan fingerprint density at radius 2 is 2.14 bits per heavy atom. The predicted molar refractivity (Wildman–Crippen MR) is 85.1 cm³/mol. The summed E-state index contributed by atoms with van der Waals surface area (Å²) in [4.78, 5) is 0. The number of hydrogen-bond donors (Lipinski definition) is 2. The summed E-state index contributed by atoms with van der Waals surface area (Å²) in [6.45, 7) is 2.95. The number of nitrogens with one attached hydrogen (secondary N) is 1. The molecule has 0 aromatic heterocycles. The smallest absolute Gasteiger partial charge is 0.151 e. The van der Waals surface area contributed by atoms with Crippen LogP contribution in [0.5, 0.6) is 11.5 Å². The molecule has 1 unspecified atom stereocenters. The fourth-order valence-corrected chi connectivity index (χ4v) is 2.68. The Labute approximate surface area is 129 Å². The van der Waals surface area contributed by atoms with E-state index in [9.17, 15) is 4.39 Å². The van der Waals surface area contributed by atoms with Gasteiger partial charge in [-0.15, -0.1) is 0 Å². The van der Waals surface area contributed by atoms with Gasteiger partial charge in [0.1, 0.15) is 17.7 Å². The first kappa shape index (κ1) is 14.7. The van der Waals surface area contributed by atoms with Crippen molar-refractivity contribution in [3.05, 3.63) is 41.7 Å². The molecule has 0 fully saturated rings. The van der Waals surface area contributed by atoms with Crippen LogP contribution in [0.25, 0.3) is 11.1 Å². The van der Waals surface area contributed by atoms with E-state index in [1.54, 1.807) is 7.11 Å². The molecule has 22 heavy (non-hydrogen) atoms. The molecule has 0 amide bonds. The molecular weight excluding hydrogens is 283 g/mol. The first-order chi connectivity index (χ1) is 10.6. The highest BCUT2D eigenvalue weighted by atomic mass is 19.1. The molecule has 116 valence electrons. The normalized spacial score (nSPS) is 16.5. The first-order valence-electron chi connectivity index (χ1n) is 7.21. The summed E-state index contributed by atoms with van der Waals surface area (Å²) in [5.74, 6) is 1.12. The standard InChI is InChI=1S/C17H19FN2O2/c1-10-5-12(21-2)3-4-14(10)15-6-11(18)7-16-17(15)22-13(8-19)9-20-16/h3-7,13,20H,8-9,19H2,1-2H3. The second-order valence-electron chi connectivity index (χ2n) is 5.37. The maximum absolute atomic E-state index is 14.0. The summed E-state index contributed by atoms with van der Waals surface area (Å²) in [5, 5.41) is 3.19.